The summed E-state index contributed by atoms with van der Waals surface area (Å²) < 4.78 is 0. The molecule has 14 heavy (non-hydrogen) atoms. The summed E-state index contributed by atoms with van der Waals surface area (Å²) in [5.41, 5.74) is 0. The van der Waals surface area contributed by atoms with E-state index in [0.29, 0.717) is 0 Å². The third-order valence-corrected chi connectivity index (χ3v) is 2.60. The fourth-order valence-electron chi connectivity index (χ4n) is 1.80. The zero-order valence-electron chi connectivity index (χ0n) is 9.29. The minimum absolute atomic E-state index is 0. The summed E-state index contributed by atoms with van der Waals surface area (Å²) in [5, 5.41) is 3.61. The average molecular weight is 243 g/mol. The van der Waals surface area contributed by atoms with Gasteiger partial charge in [-0.05, 0) is 26.9 Å². The number of nitrogens with zero attached hydrogens (tertiary/aromatic N) is 1. The van der Waals surface area contributed by atoms with Gasteiger partial charge in [-0.1, -0.05) is 19.3 Å². The largest absolute Gasteiger partial charge is 0.313 e. The van der Waals surface area contributed by atoms with Gasteiger partial charge in [-0.25, -0.2) is 0 Å². The number of nitrogens with one attached hydrogen (secondary N) is 1. The van der Waals surface area contributed by atoms with E-state index in [1.807, 2.05) is 0 Å². The van der Waals surface area contributed by atoms with Gasteiger partial charge in [-0.2, -0.15) is 0 Å². The van der Waals surface area contributed by atoms with Crippen molar-refractivity contribution in [1.29, 1.82) is 0 Å². The molecule has 1 rings (SSSR count). The Hall–Kier alpha value is 0.500. The summed E-state index contributed by atoms with van der Waals surface area (Å²) in [6.07, 6.45) is 7.10. The third-order valence-electron chi connectivity index (χ3n) is 2.60. The molecule has 88 valence electrons. The van der Waals surface area contributed by atoms with E-state index in [-0.39, 0.29) is 24.8 Å². The molecule has 0 heterocycles. The molecule has 0 aromatic carbocycles. The van der Waals surface area contributed by atoms with Gasteiger partial charge in [0, 0.05) is 19.1 Å². The second kappa shape index (κ2) is 10.0. The second-order valence-corrected chi connectivity index (χ2v) is 4.09. The van der Waals surface area contributed by atoms with Crippen LogP contribution in [0.4, 0.5) is 0 Å². The van der Waals surface area contributed by atoms with E-state index in [9.17, 15) is 0 Å². The van der Waals surface area contributed by atoms with Gasteiger partial charge < -0.3 is 10.2 Å². The second-order valence-electron chi connectivity index (χ2n) is 4.09. The van der Waals surface area contributed by atoms with E-state index in [1.54, 1.807) is 0 Å². The van der Waals surface area contributed by atoms with Gasteiger partial charge in [-0.3, -0.25) is 0 Å². The summed E-state index contributed by atoms with van der Waals surface area (Å²) in [6, 6.07) is 0.818. The van der Waals surface area contributed by atoms with Gasteiger partial charge in [0.05, 0.1) is 0 Å². The zero-order chi connectivity index (χ0) is 8.81. The van der Waals surface area contributed by atoms with Gasteiger partial charge in [-0.15, -0.1) is 24.8 Å². The summed E-state index contributed by atoms with van der Waals surface area (Å²) in [4.78, 5) is 2.23. The lowest BCUT2D eigenvalue weighted by Gasteiger charge is -2.23. The molecule has 0 bridgehead atoms. The molecular formula is C10H24Cl2N2. The van der Waals surface area contributed by atoms with Crippen molar-refractivity contribution in [3.8, 4) is 0 Å². The van der Waals surface area contributed by atoms with Crippen molar-refractivity contribution in [2.24, 2.45) is 0 Å². The van der Waals surface area contributed by atoms with Crippen LogP contribution < -0.4 is 5.32 Å². The van der Waals surface area contributed by atoms with Crippen LogP contribution in [0.1, 0.15) is 32.1 Å². The number of hydrogen-bond donors (Lipinski definition) is 1. The molecule has 0 spiro atoms. The van der Waals surface area contributed by atoms with E-state index in [0.717, 1.165) is 19.1 Å². The van der Waals surface area contributed by atoms with Crippen LogP contribution in [0.25, 0.3) is 0 Å². The molecule has 1 N–H and O–H groups in total. The Kier molecular flexibility index (Phi) is 12.1. The first-order chi connectivity index (χ1) is 5.79. The molecule has 1 aliphatic carbocycles. The third kappa shape index (κ3) is 7.86. The lowest BCUT2D eigenvalue weighted by Crippen LogP contribution is -2.35. The first-order valence-corrected chi connectivity index (χ1v) is 5.17. The Balaban J connectivity index is 0. The predicted molar refractivity (Wildman–Crippen MR) is 67.9 cm³/mol. The van der Waals surface area contributed by atoms with E-state index in [2.05, 4.69) is 24.3 Å². The molecule has 0 unspecified atom stereocenters. The van der Waals surface area contributed by atoms with Crippen molar-refractivity contribution in [3.63, 3.8) is 0 Å². The van der Waals surface area contributed by atoms with Gasteiger partial charge in [0.1, 0.15) is 0 Å². The molecule has 4 heteroatoms. The molecular weight excluding hydrogens is 219 g/mol. The maximum absolute atomic E-state index is 3.61. The number of halogens is 2. The molecule has 0 aromatic rings. The first-order valence-electron chi connectivity index (χ1n) is 5.17. The van der Waals surface area contributed by atoms with Crippen molar-refractivity contribution < 1.29 is 0 Å². The Bertz CT molecular complexity index is 115. The standard InChI is InChI=1S/C10H22N2.2ClH/c1-12(2)9-8-11-10-6-4-3-5-7-10;;/h10-11H,3-9H2,1-2H3;2*1H. The van der Waals surface area contributed by atoms with Crippen molar-refractivity contribution in [2.75, 3.05) is 27.2 Å². The van der Waals surface area contributed by atoms with Gasteiger partial charge in [0.15, 0.2) is 0 Å². The Labute approximate surface area is 101 Å². The Morgan fingerprint density at radius 1 is 1.07 bits per heavy atom. The van der Waals surface area contributed by atoms with Crippen molar-refractivity contribution in [3.05, 3.63) is 0 Å². The minimum Gasteiger partial charge on any atom is -0.313 e. The van der Waals surface area contributed by atoms with Crippen molar-refractivity contribution in [1.82, 2.24) is 10.2 Å². The van der Waals surface area contributed by atoms with Crippen LogP contribution in [0.5, 0.6) is 0 Å². The minimum atomic E-state index is 0. The summed E-state index contributed by atoms with van der Waals surface area (Å²) in [7, 11) is 4.26. The Morgan fingerprint density at radius 3 is 2.14 bits per heavy atom. The fourth-order valence-corrected chi connectivity index (χ4v) is 1.80. The molecule has 2 nitrogen and oxygen atoms in total. The molecule has 0 aromatic heterocycles. The zero-order valence-corrected chi connectivity index (χ0v) is 10.9. The highest BCUT2D eigenvalue weighted by atomic mass is 35.5. The molecule has 0 radical (unpaired) electrons. The smallest absolute Gasteiger partial charge is 0.0101 e. The number of rotatable bonds is 4. The number of hydrogen-bond acceptors (Lipinski definition) is 2. The van der Waals surface area contributed by atoms with E-state index < -0.39 is 0 Å². The van der Waals surface area contributed by atoms with E-state index in [1.165, 1.54) is 32.1 Å². The van der Waals surface area contributed by atoms with Crippen molar-refractivity contribution >= 4 is 24.8 Å². The van der Waals surface area contributed by atoms with Crippen molar-refractivity contribution in [2.45, 2.75) is 38.1 Å². The van der Waals surface area contributed by atoms with Crippen LogP contribution >= 0.6 is 24.8 Å². The highest BCUT2D eigenvalue weighted by molar-refractivity contribution is 5.85. The number of likely N-dealkylation sites (N-methyl/N-ethyl adjacent to an activating group) is 1. The van der Waals surface area contributed by atoms with Crippen LogP contribution in [0.2, 0.25) is 0 Å². The van der Waals surface area contributed by atoms with Crippen LogP contribution in [-0.4, -0.2) is 38.1 Å². The highest BCUT2D eigenvalue weighted by Gasteiger charge is 2.11. The summed E-state index contributed by atoms with van der Waals surface area (Å²) in [5.74, 6) is 0. The molecule has 0 aliphatic heterocycles. The monoisotopic (exact) mass is 242 g/mol. The SMILES string of the molecule is CN(C)CCNC1CCCCC1.Cl.Cl. The first kappa shape index (κ1) is 16.9. The topological polar surface area (TPSA) is 15.3 Å². The van der Waals surface area contributed by atoms with Gasteiger partial charge in [0.2, 0.25) is 0 Å². The normalized spacial score (nSPS) is 17.4. The quantitative estimate of drug-likeness (QED) is 0.815. The lowest BCUT2D eigenvalue weighted by molar-refractivity contribution is 0.340. The predicted octanol–water partition coefficient (Wildman–Crippen LogP) is 2.31. The van der Waals surface area contributed by atoms with E-state index in [4.69, 9.17) is 0 Å². The molecule has 1 fully saturated rings. The molecule has 0 atom stereocenters. The molecule has 1 saturated carbocycles. The lowest BCUT2D eigenvalue weighted by atomic mass is 9.95. The highest BCUT2D eigenvalue weighted by Crippen LogP contribution is 2.16. The summed E-state index contributed by atoms with van der Waals surface area (Å²) in [6.45, 7) is 2.31. The Morgan fingerprint density at radius 2 is 1.64 bits per heavy atom. The molecule has 0 saturated heterocycles. The van der Waals surface area contributed by atoms with Crippen LogP contribution in [0.15, 0.2) is 0 Å². The fraction of sp³-hybridized carbons (Fsp3) is 1.00. The van der Waals surface area contributed by atoms with Crippen LogP contribution in [0, 0.1) is 0 Å². The molecule has 0 amide bonds. The maximum Gasteiger partial charge on any atom is 0.0101 e. The van der Waals surface area contributed by atoms with Crippen LogP contribution in [-0.2, 0) is 0 Å². The maximum atomic E-state index is 3.61. The van der Waals surface area contributed by atoms with Gasteiger partial charge in [0.25, 0.3) is 0 Å². The summed E-state index contributed by atoms with van der Waals surface area (Å²) >= 11 is 0. The molecule has 1 aliphatic rings. The van der Waals surface area contributed by atoms with Gasteiger partial charge >= 0.3 is 0 Å². The van der Waals surface area contributed by atoms with Crippen LogP contribution in [0.3, 0.4) is 0 Å². The average Bonchev–Trinajstić information content (AvgIpc) is 2.05. The van der Waals surface area contributed by atoms with E-state index >= 15 is 0 Å².